The Kier molecular flexibility index (Phi) is 5.38. The molecular weight excluding hydrogens is 411 g/mol. The van der Waals surface area contributed by atoms with Crippen molar-refractivity contribution in [2.75, 3.05) is 18.0 Å². The minimum Gasteiger partial charge on any atom is -0.372 e. The molecule has 2 aromatic rings. The first-order chi connectivity index (χ1) is 13.9. The third-order valence-electron chi connectivity index (χ3n) is 5.02. The highest BCUT2D eigenvalue weighted by atomic mass is 35.5. The average Bonchev–Trinajstić information content (AvgIpc) is 2.94. The van der Waals surface area contributed by atoms with E-state index in [1.54, 1.807) is 12.1 Å². The summed E-state index contributed by atoms with van der Waals surface area (Å²) in [5.41, 5.74) is 1.89. The number of rotatable bonds is 3. The van der Waals surface area contributed by atoms with Gasteiger partial charge < -0.3 is 9.64 Å². The van der Waals surface area contributed by atoms with Crippen molar-refractivity contribution in [1.29, 1.82) is 0 Å². The number of imide groups is 1. The molecule has 7 heteroatoms. The molecule has 5 nitrogen and oxygen atoms in total. The highest BCUT2D eigenvalue weighted by molar-refractivity contribution is 6.46. The molecule has 150 valence electrons. The van der Waals surface area contributed by atoms with Crippen LogP contribution in [-0.4, -0.2) is 42.0 Å². The number of nitrogens with zero attached hydrogens (tertiary/aromatic N) is 2. The number of carbonyl (C=O) groups is 2. The zero-order valence-corrected chi connectivity index (χ0v) is 17.6. The van der Waals surface area contributed by atoms with E-state index in [-0.39, 0.29) is 29.0 Å². The van der Waals surface area contributed by atoms with E-state index in [1.165, 1.54) is 11.0 Å². The second-order valence-electron chi connectivity index (χ2n) is 7.30. The van der Waals surface area contributed by atoms with Crippen molar-refractivity contribution in [2.24, 2.45) is 0 Å². The number of ether oxygens (including phenoxy) is 1. The minimum atomic E-state index is -0.374. The molecule has 2 atom stereocenters. The molecule has 2 heterocycles. The number of benzene rings is 2. The summed E-state index contributed by atoms with van der Waals surface area (Å²) in [6.45, 7) is 4.99. The standard InChI is InChI=1S/C22H20Cl2N2O3/c1-13-11-25(12-14(2)29-13)20-19(15-6-4-3-5-7-15)21(27)26(22(20)28)16-8-9-17(23)18(24)10-16/h3-10,13-14H,11-12H2,1-2H3. The van der Waals surface area contributed by atoms with Gasteiger partial charge in [0.15, 0.2) is 0 Å². The Morgan fingerprint density at radius 2 is 1.55 bits per heavy atom. The predicted molar refractivity (Wildman–Crippen MR) is 114 cm³/mol. The van der Waals surface area contributed by atoms with Crippen molar-refractivity contribution >= 4 is 46.3 Å². The summed E-state index contributed by atoms with van der Waals surface area (Å²) in [6, 6.07) is 14.0. The van der Waals surface area contributed by atoms with Crippen molar-refractivity contribution < 1.29 is 14.3 Å². The van der Waals surface area contributed by atoms with Crippen LogP contribution in [0.25, 0.3) is 5.57 Å². The van der Waals surface area contributed by atoms with E-state index in [9.17, 15) is 9.59 Å². The van der Waals surface area contributed by atoms with E-state index in [2.05, 4.69) is 0 Å². The molecule has 0 saturated carbocycles. The number of hydrogen-bond donors (Lipinski definition) is 0. The van der Waals surface area contributed by atoms with E-state index >= 15 is 0 Å². The molecule has 0 spiro atoms. The van der Waals surface area contributed by atoms with E-state index in [0.717, 1.165) is 0 Å². The van der Waals surface area contributed by atoms with Gasteiger partial charge in [-0.3, -0.25) is 9.59 Å². The number of halogens is 2. The van der Waals surface area contributed by atoms with Crippen molar-refractivity contribution in [2.45, 2.75) is 26.1 Å². The molecule has 4 rings (SSSR count). The smallest absolute Gasteiger partial charge is 0.282 e. The van der Waals surface area contributed by atoms with E-state index in [4.69, 9.17) is 27.9 Å². The third-order valence-corrected chi connectivity index (χ3v) is 5.76. The van der Waals surface area contributed by atoms with Gasteiger partial charge in [-0.25, -0.2) is 4.90 Å². The number of amides is 2. The topological polar surface area (TPSA) is 49.9 Å². The van der Waals surface area contributed by atoms with Crippen LogP contribution in [-0.2, 0) is 14.3 Å². The van der Waals surface area contributed by atoms with Crippen molar-refractivity contribution in [3.8, 4) is 0 Å². The maximum Gasteiger partial charge on any atom is 0.282 e. The Morgan fingerprint density at radius 3 is 2.17 bits per heavy atom. The Morgan fingerprint density at radius 1 is 0.897 bits per heavy atom. The molecule has 2 aliphatic heterocycles. The molecular formula is C22H20Cl2N2O3. The van der Waals surface area contributed by atoms with Crippen LogP contribution in [0.15, 0.2) is 54.2 Å². The Balaban J connectivity index is 1.83. The first kappa shape index (κ1) is 20.0. The normalized spacial score (nSPS) is 22.6. The van der Waals surface area contributed by atoms with E-state index in [1.807, 2.05) is 49.1 Å². The molecule has 2 aliphatic rings. The maximum absolute atomic E-state index is 13.5. The largest absolute Gasteiger partial charge is 0.372 e. The van der Waals surface area contributed by atoms with Gasteiger partial charge in [0.05, 0.1) is 33.5 Å². The summed E-state index contributed by atoms with van der Waals surface area (Å²) in [4.78, 5) is 30.1. The van der Waals surface area contributed by atoms with Gasteiger partial charge in [0, 0.05) is 13.1 Å². The van der Waals surface area contributed by atoms with Gasteiger partial charge in [-0.15, -0.1) is 0 Å². The summed E-state index contributed by atoms with van der Waals surface area (Å²) in [6.07, 6.45) is -0.101. The molecule has 1 fully saturated rings. The number of hydrogen-bond acceptors (Lipinski definition) is 4. The fourth-order valence-electron chi connectivity index (χ4n) is 3.90. The lowest BCUT2D eigenvalue weighted by atomic mass is 10.0. The second kappa shape index (κ2) is 7.82. The van der Waals surface area contributed by atoms with Crippen LogP contribution in [0.2, 0.25) is 10.0 Å². The quantitative estimate of drug-likeness (QED) is 0.677. The van der Waals surface area contributed by atoms with Crippen LogP contribution in [0.4, 0.5) is 5.69 Å². The van der Waals surface area contributed by atoms with E-state index < -0.39 is 0 Å². The molecule has 0 bridgehead atoms. The average molecular weight is 431 g/mol. The molecule has 0 N–H and O–H groups in total. The lowest BCUT2D eigenvalue weighted by Crippen LogP contribution is -2.47. The lowest BCUT2D eigenvalue weighted by Gasteiger charge is -2.37. The van der Waals surface area contributed by atoms with Crippen LogP contribution in [0.5, 0.6) is 0 Å². The molecule has 0 aliphatic carbocycles. The summed E-state index contributed by atoms with van der Waals surface area (Å²) >= 11 is 12.2. The Labute approximate surface area is 179 Å². The third kappa shape index (κ3) is 3.66. The fourth-order valence-corrected chi connectivity index (χ4v) is 4.19. The van der Waals surface area contributed by atoms with Crippen LogP contribution in [0.1, 0.15) is 19.4 Å². The molecule has 2 amide bonds. The van der Waals surface area contributed by atoms with Crippen LogP contribution in [0.3, 0.4) is 0 Å². The van der Waals surface area contributed by atoms with Crippen LogP contribution < -0.4 is 4.90 Å². The Bertz CT molecular complexity index is 996. The molecule has 2 aromatic carbocycles. The SMILES string of the molecule is CC1CN(C2=C(c3ccccc3)C(=O)N(c3ccc(Cl)c(Cl)c3)C2=O)CC(C)O1. The van der Waals surface area contributed by atoms with Crippen LogP contribution >= 0.6 is 23.2 Å². The summed E-state index contributed by atoms with van der Waals surface area (Å²) < 4.78 is 5.81. The first-order valence-corrected chi connectivity index (χ1v) is 10.2. The number of morpholine rings is 1. The molecule has 29 heavy (non-hydrogen) atoms. The maximum atomic E-state index is 13.5. The van der Waals surface area contributed by atoms with Gasteiger partial charge in [0.25, 0.3) is 11.8 Å². The highest BCUT2D eigenvalue weighted by Gasteiger charge is 2.43. The van der Waals surface area contributed by atoms with Gasteiger partial charge in [-0.1, -0.05) is 53.5 Å². The summed E-state index contributed by atoms with van der Waals surface area (Å²) in [5, 5.41) is 0.648. The second-order valence-corrected chi connectivity index (χ2v) is 8.11. The monoisotopic (exact) mass is 430 g/mol. The molecule has 1 saturated heterocycles. The van der Waals surface area contributed by atoms with Gasteiger partial charge in [-0.05, 0) is 37.6 Å². The predicted octanol–water partition coefficient (Wildman–Crippen LogP) is 4.39. The van der Waals surface area contributed by atoms with Crippen molar-refractivity contribution in [1.82, 2.24) is 4.90 Å². The molecule has 0 radical (unpaired) electrons. The van der Waals surface area contributed by atoms with Crippen LogP contribution in [0, 0.1) is 0 Å². The zero-order chi connectivity index (χ0) is 20.7. The number of carbonyl (C=O) groups excluding carboxylic acids is 2. The lowest BCUT2D eigenvalue weighted by molar-refractivity contribution is -0.121. The zero-order valence-electron chi connectivity index (χ0n) is 16.1. The van der Waals surface area contributed by atoms with Gasteiger partial charge in [-0.2, -0.15) is 0 Å². The minimum absolute atomic E-state index is 0.0507. The molecule has 2 unspecified atom stereocenters. The highest BCUT2D eigenvalue weighted by Crippen LogP contribution is 2.37. The van der Waals surface area contributed by atoms with E-state index in [0.29, 0.717) is 40.6 Å². The van der Waals surface area contributed by atoms with Gasteiger partial charge in [0.1, 0.15) is 5.70 Å². The summed E-state index contributed by atoms with van der Waals surface area (Å²) in [5.74, 6) is -0.741. The van der Waals surface area contributed by atoms with Crippen molar-refractivity contribution in [3.05, 3.63) is 69.8 Å². The first-order valence-electron chi connectivity index (χ1n) is 9.40. The molecule has 0 aromatic heterocycles. The van der Waals surface area contributed by atoms with Gasteiger partial charge >= 0.3 is 0 Å². The number of anilines is 1. The fraction of sp³-hybridized carbons (Fsp3) is 0.273. The van der Waals surface area contributed by atoms with Crippen molar-refractivity contribution in [3.63, 3.8) is 0 Å². The summed E-state index contributed by atoms with van der Waals surface area (Å²) in [7, 11) is 0. The Hall–Kier alpha value is -2.34. The van der Waals surface area contributed by atoms with Gasteiger partial charge in [0.2, 0.25) is 0 Å².